The van der Waals surface area contributed by atoms with E-state index in [1.807, 2.05) is 24.3 Å². The molecular formula is C14H16N2O. The number of anilines is 2. The third-order valence-corrected chi connectivity index (χ3v) is 2.69. The zero-order chi connectivity index (χ0) is 12.1. The van der Waals surface area contributed by atoms with E-state index in [9.17, 15) is 5.11 Å². The summed E-state index contributed by atoms with van der Waals surface area (Å²) >= 11 is 0. The molecule has 3 heteroatoms. The van der Waals surface area contributed by atoms with Crippen molar-refractivity contribution in [2.45, 2.75) is 20.0 Å². The van der Waals surface area contributed by atoms with Crippen LogP contribution in [-0.4, -0.2) is 10.1 Å². The maximum absolute atomic E-state index is 9.20. The van der Waals surface area contributed by atoms with Crippen LogP contribution in [0.1, 0.15) is 18.1 Å². The summed E-state index contributed by atoms with van der Waals surface area (Å²) in [7, 11) is 0. The number of hydrogen-bond acceptors (Lipinski definition) is 3. The van der Waals surface area contributed by atoms with Gasteiger partial charge in [0.2, 0.25) is 0 Å². The lowest BCUT2D eigenvalue weighted by Crippen LogP contribution is -1.98. The number of rotatable bonds is 4. The minimum atomic E-state index is -0.0107. The Balaban J connectivity index is 2.19. The normalized spacial score (nSPS) is 10.2. The molecule has 0 saturated heterocycles. The molecule has 1 aromatic heterocycles. The molecule has 0 aliphatic rings. The van der Waals surface area contributed by atoms with Crippen molar-refractivity contribution in [1.82, 2.24) is 4.98 Å². The third kappa shape index (κ3) is 2.82. The maximum Gasteiger partial charge on any atom is 0.135 e. The van der Waals surface area contributed by atoms with Crippen LogP contribution >= 0.6 is 0 Å². The van der Waals surface area contributed by atoms with E-state index in [1.54, 1.807) is 6.20 Å². The number of aryl methyl sites for hydroxylation is 1. The van der Waals surface area contributed by atoms with Gasteiger partial charge in [0.25, 0.3) is 0 Å². The van der Waals surface area contributed by atoms with E-state index in [0.29, 0.717) is 5.82 Å². The average molecular weight is 228 g/mol. The van der Waals surface area contributed by atoms with E-state index < -0.39 is 0 Å². The number of nitrogens with zero attached hydrogens (tertiary/aromatic N) is 1. The third-order valence-electron chi connectivity index (χ3n) is 2.69. The number of aliphatic hydroxyl groups excluding tert-OH is 1. The van der Waals surface area contributed by atoms with E-state index in [1.165, 1.54) is 5.56 Å². The highest BCUT2D eigenvalue weighted by molar-refractivity contribution is 5.59. The van der Waals surface area contributed by atoms with Gasteiger partial charge in [-0.2, -0.15) is 0 Å². The zero-order valence-corrected chi connectivity index (χ0v) is 9.85. The standard InChI is InChI=1S/C14H16N2O/c1-2-11-5-7-13(8-6-11)16-14-12(10-17)4-3-9-15-14/h3-9,17H,2,10H2,1H3,(H,15,16). The molecule has 2 aromatic rings. The fourth-order valence-corrected chi connectivity index (χ4v) is 1.64. The number of benzene rings is 1. The molecule has 1 heterocycles. The summed E-state index contributed by atoms with van der Waals surface area (Å²) in [5.41, 5.74) is 3.08. The van der Waals surface area contributed by atoms with E-state index in [2.05, 4.69) is 29.4 Å². The summed E-state index contributed by atoms with van der Waals surface area (Å²) in [6.45, 7) is 2.12. The molecule has 88 valence electrons. The maximum atomic E-state index is 9.20. The summed E-state index contributed by atoms with van der Waals surface area (Å²) < 4.78 is 0. The minimum Gasteiger partial charge on any atom is -0.392 e. The first-order valence-corrected chi connectivity index (χ1v) is 5.74. The lowest BCUT2D eigenvalue weighted by molar-refractivity contribution is 0.282. The second kappa shape index (κ2) is 5.46. The topological polar surface area (TPSA) is 45.2 Å². The van der Waals surface area contributed by atoms with Crippen molar-refractivity contribution >= 4 is 11.5 Å². The van der Waals surface area contributed by atoms with Gasteiger partial charge >= 0.3 is 0 Å². The largest absolute Gasteiger partial charge is 0.392 e. The van der Waals surface area contributed by atoms with Crippen molar-refractivity contribution in [2.24, 2.45) is 0 Å². The SMILES string of the molecule is CCc1ccc(Nc2ncccc2CO)cc1. The minimum absolute atomic E-state index is 0.0107. The molecule has 17 heavy (non-hydrogen) atoms. The molecule has 0 radical (unpaired) electrons. The number of hydrogen-bond donors (Lipinski definition) is 2. The quantitative estimate of drug-likeness (QED) is 0.845. The second-order valence-corrected chi connectivity index (χ2v) is 3.84. The van der Waals surface area contributed by atoms with Gasteiger partial charge in [-0.3, -0.25) is 0 Å². The molecule has 3 nitrogen and oxygen atoms in total. The highest BCUT2D eigenvalue weighted by Gasteiger charge is 2.02. The van der Waals surface area contributed by atoms with Crippen LogP contribution in [0.2, 0.25) is 0 Å². The number of pyridine rings is 1. The van der Waals surface area contributed by atoms with E-state index in [0.717, 1.165) is 17.7 Å². The summed E-state index contributed by atoms with van der Waals surface area (Å²) in [6.07, 6.45) is 2.74. The van der Waals surface area contributed by atoms with Crippen LogP contribution in [0.5, 0.6) is 0 Å². The molecule has 0 aliphatic heterocycles. The Kier molecular flexibility index (Phi) is 3.73. The van der Waals surface area contributed by atoms with Gasteiger partial charge in [-0.25, -0.2) is 4.98 Å². The Hall–Kier alpha value is -1.87. The molecule has 2 N–H and O–H groups in total. The van der Waals surface area contributed by atoms with Crippen LogP contribution in [0.25, 0.3) is 0 Å². The van der Waals surface area contributed by atoms with Gasteiger partial charge in [0.05, 0.1) is 6.61 Å². The van der Waals surface area contributed by atoms with Crippen molar-refractivity contribution in [2.75, 3.05) is 5.32 Å². The van der Waals surface area contributed by atoms with Crippen LogP contribution in [-0.2, 0) is 13.0 Å². The van der Waals surface area contributed by atoms with Crippen molar-refractivity contribution in [3.8, 4) is 0 Å². The zero-order valence-electron chi connectivity index (χ0n) is 9.85. The Bertz CT molecular complexity index is 480. The number of nitrogens with one attached hydrogen (secondary N) is 1. The molecule has 0 bridgehead atoms. The summed E-state index contributed by atoms with van der Waals surface area (Å²) in [6, 6.07) is 11.9. The van der Waals surface area contributed by atoms with Crippen LogP contribution in [0, 0.1) is 0 Å². The Morgan fingerprint density at radius 3 is 2.59 bits per heavy atom. The van der Waals surface area contributed by atoms with Crippen LogP contribution in [0.15, 0.2) is 42.6 Å². The number of aliphatic hydroxyl groups is 1. The summed E-state index contributed by atoms with van der Waals surface area (Å²) in [5, 5.41) is 12.4. The fraction of sp³-hybridized carbons (Fsp3) is 0.214. The smallest absolute Gasteiger partial charge is 0.135 e. The first-order chi connectivity index (χ1) is 8.33. The Morgan fingerprint density at radius 1 is 1.18 bits per heavy atom. The predicted molar refractivity (Wildman–Crippen MR) is 69.3 cm³/mol. The first-order valence-electron chi connectivity index (χ1n) is 5.74. The molecule has 0 atom stereocenters. The molecule has 1 aromatic carbocycles. The highest BCUT2D eigenvalue weighted by Crippen LogP contribution is 2.18. The first kappa shape index (κ1) is 11.6. The van der Waals surface area contributed by atoms with Crippen LogP contribution < -0.4 is 5.32 Å². The van der Waals surface area contributed by atoms with Gasteiger partial charge in [-0.1, -0.05) is 25.1 Å². The lowest BCUT2D eigenvalue weighted by Gasteiger charge is -2.09. The van der Waals surface area contributed by atoms with Gasteiger partial charge in [0.1, 0.15) is 5.82 Å². The van der Waals surface area contributed by atoms with Crippen molar-refractivity contribution in [1.29, 1.82) is 0 Å². The fourth-order valence-electron chi connectivity index (χ4n) is 1.64. The van der Waals surface area contributed by atoms with Crippen molar-refractivity contribution in [3.05, 3.63) is 53.7 Å². The summed E-state index contributed by atoms with van der Waals surface area (Å²) in [4.78, 5) is 4.22. The molecule has 0 aliphatic carbocycles. The average Bonchev–Trinajstić information content (AvgIpc) is 2.40. The van der Waals surface area contributed by atoms with Crippen molar-refractivity contribution < 1.29 is 5.11 Å². The van der Waals surface area contributed by atoms with E-state index >= 15 is 0 Å². The molecule has 0 spiro atoms. The van der Waals surface area contributed by atoms with Gasteiger partial charge in [-0.15, -0.1) is 0 Å². The van der Waals surface area contributed by atoms with Gasteiger partial charge in [0.15, 0.2) is 0 Å². The highest BCUT2D eigenvalue weighted by atomic mass is 16.3. The molecular weight excluding hydrogens is 212 g/mol. The van der Waals surface area contributed by atoms with Gasteiger partial charge < -0.3 is 10.4 Å². The number of aromatic nitrogens is 1. The van der Waals surface area contributed by atoms with Crippen molar-refractivity contribution in [3.63, 3.8) is 0 Å². The molecule has 2 rings (SSSR count). The van der Waals surface area contributed by atoms with Crippen LogP contribution in [0.3, 0.4) is 0 Å². The van der Waals surface area contributed by atoms with E-state index in [-0.39, 0.29) is 6.61 Å². The predicted octanol–water partition coefficient (Wildman–Crippen LogP) is 2.88. The van der Waals surface area contributed by atoms with Crippen LogP contribution in [0.4, 0.5) is 11.5 Å². The summed E-state index contributed by atoms with van der Waals surface area (Å²) in [5.74, 6) is 0.708. The Morgan fingerprint density at radius 2 is 1.94 bits per heavy atom. The lowest BCUT2D eigenvalue weighted by atomic mass is 10.1. The van der Waals surface area contributed by atoms with E-state index in [4.69, 9.17) is 0 Å². The molecule has 0 unspecified atom stereocenters. The molecule has 0 fully saturated rings. The second-order valence-electron chi connectivity index (χ2n) is 3.84. The van der Waals surface area contributed by atoms with Gasteiger partial charge in [-0.05, 0) is 30.2 Å². The molecule has 0 saturated carbocycles. The van der Waals surface area contributed by atoms with Gasteiger partial charge in [0, 0.05) is 17.4 Å². The monoisotopic (exact) mass is 228 g/mol. The Labute approximate surface area is 101 Å². The molecule has 0 amide bonds.